The van der Waals surface area contributed by atoms with Crippen molar-refractivity contribution in [2.75, 3.05) is 5.32 Å². The molecule has 3 rings (SSSR count). The predicted octanol–water partition coefficient (Wildman–Crippen LogP) is 6.33. The average molecular weight is 482 g/mol. The minimum absolute atomic E-state index is 0.0199. The molecule has 0 aliphatic heterocycles. The summed E-state index contributed by atoms with van der Waals surface area (Å²) < 4.78 is 5.83. The number of hydrogen-bond acceptors (Lipinski definition) is 5. The van der Waals surface area contributed by atoms with E-state index in [0.29, 0.717) is 38.2 Å². The van der Waals surface area contributed by atoms with Crippen LogP contribution in [-0.4, -0.2) is 10.8 Å². The first-order chi connectivity index (χ1) is 15.8. The summed E-state index contributed by atoms with van der Waals surface area (Å²) in [5.74, 6) is -0.221. The number of nitriles is 1. The van der Waals surface area contributed by atoms with E-state index in [0.717, 1.165) is 0 Å². The number of nitro benzene ring substituents is 1. The molecule has 166 valence electrons. The van der Waals surface area contributed by atoms with Gasteiger partial charge in [0, 0.05) is 33.4 Å². The summed E-state index contributed by atoms with van der Waals surface area (Å²) in [6, 6.07) is 17.7. The SMILES string of the molecule is Cc1c(Cl)cccc1NC(=O)/C(C#N)=C/c1cc(Cl)ccc1OCc1ccc([N+](=O)[O-])cc1. The molecule has 0 spiro atoms. The lowest BCUT2D eigenvalue weighted by Gasteiger charge is -2.11. The first-order valence-corrected chi connectivity index (χ1v) is 10.4. The van der Waals surface area contributed by atoms with Gasteiger partial charge in [0.1, 0.15) is 24.0 Å². The summed E-state index contributed by atoms with van der Waals surface area (Å²) in [5, 5.41) is 23.9. The largest absolute Gasteiger partial charge is 0.488 e. The van der Waals surface area contributed by atoms with Crippen molar-refractivity contribution < 1.29 is 14.5 Å². The van der Waals surface area contributed by atoms with Crippen molar-refractivity contribution in [1.29, 1.82) is 5.26 Å². The molecular formula is C24H17Cl2N3O4. The van der Waals surface area contributed by atoms with Crippen LogP contribution in [0.1, 0.15) is 16.7 Å². The summed E-state index contributed by atoms with van der Waals surface area (Å²) in [4.78, 5) is 23.0. The minimum Gasteiger partial charge on any atom is -0.488 e. The van der Waals surface area contributed by atoms with Gasteiger partial charge in [0.2, 0.25) is 0 Å². The van der Waals surface area contributed by atoms with Crippen molar-refractivity contribution in [1.82, 2.24) is 0 Å². The molecule has 0 atom stereocenters. The molecule has 0 saturated heterocycles. The lowest BCUT2D eigenvalue weighted by Crippen LogP contribution is -2.14. The highest BCUT2D eigenvalue weighted by atomic mass is 35.5. The highest BCUT2D eigenvalue weighted by Crippen LogP contribution is 2.28. The van der Waals surface area contributed by atoms with Crippen LogP contribution in [0.4, 0.5) is 11.4 Å². The third kappa shape index (κ3) is 6.10. The molecule has 1 N–H and O–H groups in total. The Morgan fingerprint density at radius 2 is 1.91 bits per heavy atom. The van der Waals surface area contributed by atoms with Crippen molar-refractivity contribution >= 4 is 46.6 Å². The van der Waals surface area contributed by atoms with Crippen molar-refractivity contribution in [3.8, 4) is 11.8 Å². The molecule has 0 aliphatic carbocycles. The molecule has 0 radical (unpaired) electrons. The maximum absolute atomic E-state index is 12.7. The Morgan fingerprint density at radius 1 is 1.18 bits per heavy atom. The lowest BCUT2D eigenvalue weighted by molar-refractivity contribution is -0.384. The van der Waals surface area contributed by atoms with Crippen LogP contribution in [0.15, 0.2) is 66.2 Å². The number of carbonyl (C=O) groups is 1. The van der Waals surface area contributed by atoms with Crippen LogP contribution in [0.3, 0.4) is 0 Å². The fourth-order valence-corrected chi connectivity index (χ4v) is 3.23. The number of amides is 1. The van der Waals surface area contributed by atoms with Gasteiger partial charge in [-0.05, 0) is 66.6 Å². The van der Waals surface area contributed by atoms with Crippen molar-refractivity contribution in [2.24, 2.45) is 0 Å². The summed E-state index contributed by atoms with van der Waals surface area (Å²) >= 11 is 12.2. The quantitative estimate of drug-likeness (QED) is 0.183. The summed E-state index contributed by atoms with van der Waals surface area (Å²) in [6.07, 6.45) is 1.38. The number of anilines is 1. The standard InChI is InChI=1S/C24H17Cl2N3O4/c1-15-21(26)3-2-4-22(15)28-24(30)18(13-27)11-17-12-19(25)7-10-23(17)33-14-16-5-8-20(9-6-16)29(31)32/h2-12H,14H2,1H3,(H,28,30)/b18-11+. The number of nitro groups is 1. The minimum atomic E-state index is -0.607. The van der Waals surface area contributed by atoms with Crippen LogP contribution >= 0.6 is 23.2 Å². The molecule has 0 aromatic heterocycles. The topological polar surface area (TPSA) is 105 Å². The molecule has 0 fully saturated rings. The van der Waals surface area contributed by atoms with E-state index in [4.69, 9.17) is 27.9 Å². The van der Waals surface area contributed by atoms with E-state index in [1.54, 1.807) is 55.5 Å². The molecular weight excluding hydrogens is 465 g/mol. The molecule has 0 aliphatic rings. The van der Waals surface area contributed by atoms with Crippen LogP contribution in [0.5, 0.6) is 5.75 Å². The Labute approximate surface area is 200 Å². The van der Waals surface area contributed by atoms with Gasteiger partial charge in [0.05, 0.1) is 4.92 Å². The molecule has 7 nitrogen and oxygen atoms in total. The maximum Gasteiger partial charge on any atom is 0.269 e. The van der Waals surface area contributed by atoms with Crippen LogP contribution in [0.2, 0.25) is 10.0 Å². The summed E-state index contributed by atoms with van der Waals surface area (Å²) in [7, 11) is 0. The molecule has 3 aromatic carbocycles. The molecule has 9 heteroatoms. The zero-order valence-electron chi connectivity index (χ0n) is 17.3. The smallest absolute Gasteiger partial charge is 0.269 e. The highest BCUT2D eigenvalue weighted by Gasteiger charge is 2.14. The van der Waals surface area contributed by atoms with E-state index >= 15 is 0 Å². The Kier molecular flexibility index (Phi) is 7.67. The Bertz CT molecular complexity index is 1280. The fourth-order valence-electron chi connectivity index (χ4n) is 2.88. The zero-order chi connectivity index (χ0) is 24.0. The number of nitrogens with zero attached hydrogens (tertiary/aromatic N) is 2. The van der Waals surface area contributed by atoms with Gasteiger partial charge >= 0.3 is 0 Å². The summed E-state index contributed by atoms with van der Waals surface area (Å²) in [5.41, 5.74) is 2.14. The second-order valence-electron chi connectivity index (χ2n) is 6.93. The van der Waals surface area contributed by atoms with Crippen LogP contribution in [-0.2, 0) is 11.4 Å². The third-order valence-corrected chi connectivity index (χ3v) is 5.34. The van der Waals surface area contributed by atoms with Crippen LogP contribution in [0.25, 0.3) is 6.08 Å². The first kappa shape index (κ1) is 23.8. The van der Waals surface area contributed by atoms with Crippen LogP contribution < -0.4 is 10.1 Å². The molecule has 0 bridgehead atoms. The number of hydrogen-bond donors (Lipinski definition) is 1. The normalized spacial score (nSPS) is 10.9. The molecule has 1 amide bonds. The van der Waals surface area contributed by atoms with Crippen molar-refractivity contribution in [3.05, 3.63) is 103 Å². The molecule has 0 saturated carbocycles. The molecule has 0 unspecified atom stereocenters. The molecule has 33 heavy (non-hydrogen) atoms. The zero-order valence-corrected chi connectivity index (χ0v) is 18.9. The van der Waals surface area contributed by atoms with E-state index in [2.05, 4.69) is 5.32 Å². The average Bonchev–Trinajstić information content (AvgIpc) is 2.80. The van der Waals surface area contributed by atoms with Gasteiger partial charge in [0.25, 0.3) is 11.6 Å². The van der Waals surface area contributed by atoms with Gasteiger partial charge in [-0.15, -0.1) is 0 Å². The number of rotatable bonds is 7. The van der Waals surface area contributed by atoms with E-state index in [1.807, 2.05) is 6.07 Å². The Hall–Kier alpha value is -3.86. The van der Waals surface area contributed by atoms with Gasteiger partial charge in [-0.3, -0.25) is 14.9 Å². The highest BCUT2D eigenvalue weighted by molar-refractivity contribution is 6.32. The number of carbonyl (C=O) groups excluding carboxylic acids is 1. The van der Waals surface area contributed by atoms with Gasteiger partial charge in [-0.1, -0.05) is 29.3 Å². The lowest BCUT2D eigenvalue weighted by atomic mass is 10.1. The predicted molar refractivity (Wildman–Crippen MR) is 127 cm³/mol. The van der Waals surface area contributed by atoms with E-state index < -0.39 is 10.8 Å². The second kappa shape index (κ2) is 10.6. The van der Waals surface area contributed by atoms with Gasteiger partial charge < -0.3 is 10.1 Å². The van der Waals surface area contributed by atoms with E-state index in [9.17, 15) is 20.2 Å². The van der Waals surface area contributed by atoms with E-state index in [1.165, 1.54) is 18.2 Å². The number of nitrogens with one attached hydrogen (secondary N) is 1. The number of halogens is 2. The van der Waals surface area contributed by atoms with Gasteiger partial charge in [-0.25, -0.2) is 0 Å². The second-order valence-corrected chi connectivity index (χ2v) is 7.77. The van der Waals surface area contributed by atoms with Crippen molar-refractivity contribution in [2.45, 2.75) is 13.5 Å². The van der Waals surface area contributed by atoms with Gasteiger partial charge in [-0.2, -0.15) is 5.26 Å². The third-order valence-electron chi connectivity index (χ3n) is 4.69. The Balaban J connectivity index is 1.82. The number of non-ortho nitro benzene ring substituents is 1. The fraction of sp³-hybridized carbons (Fsp3) is 0.0833. The first-order valence-electron chi connectivity index (χ1n) is 9.62. The molecule has 0 heterocycles. The maximum atomic E-state index is 12.7. The van der Waals surface area contributed by atoms with Gasteiger partial charge in [0.15, 0.2) is 0 Å². The monoisotopic (exact) mass is 481 g/mol. The molecule has 3 aromatic rings. The summed E-state index contributed by atoms with van der Waals surface area (Å²) in [6.45, 7) is 1.88. The van der Waals surface area contributed by atoms with Crippen molar-refractivity contribution in [3.63, 3.8) is 0 Å². The van der Waals surface area contributed by atoms with Crippen LogP contribution in [0, 0.1) is 28.4 Å². The Morgan fingerprint density at radius 3 is 2.58 bits per heavy atom. The number of ether oxygens (including phenoxy) is 1. The number of benzene rings is 3. The van der Waals surface area contributed by atoms with E-state index in [-0.39, 0.29) is 17.9 Å².